The van der Waals surface area contributed by atoms with Crippen LogP contribution in [0.25, 0.3) is 0 Å². The Bertz CT molecular complexity index is 742. The normalized spacial score (nSPS) is 17.4. The zero-order valence-electron chi connectivity index (χ0n) is 17.5. The van der Waals surface area contributed by atoms with Crippen molar-refractivity contribution in [2.75, 3.05) is 26.2 Å². The van der Waals surface area contributed by atoms with Gasteiger partial charge in [-0.2, -0.15) is 26.3 Å². The highest BCUT2D eigenvalue weighted by Gasteiger charge is 2.71. The number of hydrogen-bond donors (Lipinski definition) is 1. The van der Waals surface area contributed by atoms with E-state index in [4.69, 9.17) is 4.74 Å². The predicted molar refractivity (Wildman–Crippen MR) is 100 cm³/mol. The molecule has 5 nitrogen and oxygen atoms in total. The van der Waals surface area contributed by atoms with Gasteiger partial charge in [0.2, 0.25) is 0 Å². The first-order valence-corrected chi connectivity index (χ1v) is 9.70. The number of carbonyl (C=O) groups excluding carboxylic acids is 1. The Morgan fingerprint density at radius 3 is 1.97 bits per heavy atom. The molecule has 0 aliphatic carbocycles. The van der Waals surface area contributed by atoms with Gasteiger partial charge in [0, 0.05) is 38.3 Å². The third-order valence-corrected chi connectivity index (χ3v) is 4.84. The first-order valence-electron chi connectivity index (χ1n) is 9.70. The van der Waals surface area contributed by atoms with Crippen LogP contribution in [0.4, 0.5) is 31.1 Å². The molecule has 0 unspecified atom stereocenters. The largest absolute Gasteiger partial charge is 0.444 e. The van der Waals surface area contributed by atoms with Gasteiger partial charge in [-0.25, -0.2) is 4.79 Å². The third kappa shape index (κ3) is 6.03. The molecular formula is C20H26F6N2O3. The second-order valence-corrected chi connectivity index (χ2v) is 8.50. The number of benzene rings is 1. The summed E-state index contributed by atoms with van der Waals surface area (Å²) in [6, 6.07) is 3.55. The maximum atomic E-state index is 13.0. The van der Waals surface area contributed by atoms with E-state index in [0.717, 1.165) is 12.1 Å². The highest BCUT2D eigenvalue weighted by atomic mass is 19.4. The number of amides is 1. The molecular weight excluding hydrogens is 430 g/mol. The van der Waals surface area contributed by atoms with Gasteiger partial charge in [0.25, 0.3) is 5.60 Å². The van der Waals surface area contributed by atoms with Crippen molar-refractivity contribution in [2.24, 2.45) is 0 Å². The Morgan fingerprint density at radius 2 is 1.48 bits per heavy atom. The first-order chi connectivity index (χ1) is 14.0. The highest BCUT2D eigenvalue weighted by Crippen LogP contribution is 2.49. The van der Waals surface area contributed by atoms with Crippen LogP contribution in [0.3, 0.4) is 0 Å². The van der Waals surface area contributed by atoms with E-state index in [2.05, 4.69) is 0 Å². The van der Waals surface area contributed by atoms with Crippen molar-refractivity contribution in [1.29, 1.82) is 0 Å². The molecule has 1 aliphatic rings. The molecule has 0 bridgehead atoms. The van der Waals surface area contributed by atoms with Gasteiger partial charge in [-0.1, -0.05) is 24.3 Å². The number of aliphatic hydroxyl groups is 1. The molecule has 0 atom stereocenters. The summed E-state index contributed by atoms with van der Waals surface area (Å²) in [7, 11) is 0. The van der Waals surface area contributed by atoms with Gasteiger partial charge in [0.1, 0.15) is 5.60 Å². The lowest BCUT2D eigenvalue weighted by Crippen LogP contribution is -2.53. The van der Waals surface area contributed by atoms with Crippen LogP contribution in [0.1, 0.15) is 38.3 Å². The average Bonchev–Trinajstić information content (AvgIpc) is 2.84. The maximum Gasteiger partial charge on any atom is 0.430 e. The van der Waals surface area contributed by atoms with E-state index in [1.165, 1.54) is 0 Å². The van der Waals surface area contributed by atoms with Gasteiger partial charge in [-0.15, -0.1) is 0 Å². The highest BCUT2D eigenvalue weighted by molar-refractivity contribution is 5.68. The smallest absolute Gasteiger partial charge is 0.430 e. The number of nitrogens with zero attached hydrogens (tertiary/aromatic N) is 2. The Kier molecular flexibility index (Phi) is 7.21. The van der Waals surface area contributed by atoms with E-state index in [-0.39, 0.29) is 6.54 Å². The molecule has 1 aromatic carbocycles. The maximum absolute atomic E-state index is 13.0. The number of alkyl halides is 6. The Hall–Kier alpha value is -2.01. The summed E-state index contributed by atoms with van der Waals surface area (Å²) in [6.07, 6.45) is -11.6. The number of ether oxygens (including phenoxy) is 1. The second kappa shape index (κ2) is 8.85. The Balaban J connectivity index is 2.06. The molecule has 0 aromatic heterocycles. The van der Waals surface area contributed by atoms with Crippen LogP contribution in [0, 0.1) is 0 Å². The lowest BCUT2D eigenvalue weighted by Gasteiger charge is -2.32. The van der Waals surface area contributed by atoms with Crippen LogP contribution in [0.15, 0.2) is 24.3 Å². The molecule has 31 heavy (non-hydrogen) atoms. The van der Waals surface area contributed by atoms with Gasteiger partial charge in [0.15, 0.2) is 0 Å². The van der Waals surface area contributed by atoms with E-state index in [0.29, 0.717) is 50.3 Å². The minimum absolute atomic E-state index is 0.277. The fourth-order valence-corrected chi connectivity index (χ4v) is 3.24. The van der Waals surface area contributed by atoms with Crippen molar-refractivity contribution in [3.8, 4) is 0 Å². The molecule has 1 saturated heterocycles. The summed E-state index contributed by atoms with van der Waals surface area (Å²) in [5.74, 6) is 0. The van der Waals surface area contributed by atoms with Gasteiger partial charge < -0.3 is 14.7 Å². The SMILES string of the molecule is CC(C)(C)OC(=O)N1CCCN(Cc2ccc(C(O)(C(F)(F)F)C(F)(F)F)cc2)CC1. The molecule has 1 N–H and O–H groups in total. The molecule has 1 aromatic rings. The zero-order valence-corrected chi connectivity index (χ0v) is 17.5. The minimum atomic E-state index is -5.91. The van der Waals surface area contributed by atoms with Crippen molar-refractivity contribution >= 4 is 6.09 Å². The molecule has 0 radical (unpaired) electrons. The van der Waals surface area contributed by atoms with Crippen molar-refractivity contribution < 1.29 is 41.0 Å². The summed E-state index contributed by atoms with van der Waals surface area (Å²) < 4.78 is 83.3. The van der Waals surface area contributed by atoms with Gasteiger partial charge in [-0.05, 0) is 32.8 Å². The molecule has 176 valence electrons. The van der Waals surface area contributed by atoms with Crippen LogP contribution in [-0.4, -0.2) is 65.1 Å². The standard InChI is InChI=1S/C20H26F6N2O3/c1-17(2,3)31-16(29)28-10-4-9-27(11-12-28)13-14-5-7-15(8-6-14)18(30,19(21,22)23)20(24,25)26/h5-8,30H,4,9-13H2,1-3H3. The van der Waals surface area contributed by atoms with Crippen LogP contribution in [-0.2, 0) is 16.9 Å². The molecule has 1 fully saturated rings. The molecule has 1 aliphatic heterocycles. The minimum Gasteiger partial charge on any atom is -0.444 e. The zero-order chi connectivity index (χ0) is 23.7. The molecule has 0 saturated carbocycles. The van der Waals surface area contributed by atoms with Crippen LogP contribution in [0.5, 0.6) is 0 Å². The number of halogens is 6. The topological polar surface area (TPSA) is 53.0 Å². The molecule has 1 heterocycles. The van der Waals surface area contributed by atoms with E-state index >= 15 is 0 Å². The summed E-state index contributed by atoms with van der Waals surface area (Å²) >= 11 is 0. The Morgan fingerprint density at radius 1 is 0.935 bits per heavy atom. The molecule has 2 rings (SSSR count). The van der Waals surface area contributed by atoms with Gasteiger partial charge in [0.05, 0.1) is 0 Å². The summed E-state index contributed by atoms with van der Waals surface area (Å²) in [5.41, 5.74) is -6.36. The second-order valence-electron chi connectivity index (χ2n) is 8.50. The lowest BCUT2D eigenvalue weighted by molar-refractivity contribution is -0.376. The van der Waals surface area contributed by atoms with E-state index in [1.54, 1.807) is 25.7 Å². The number of carbonyl (C=O) groups is 1. The lowest BCUT2D eigenvalue weighted by atomic mass is 9.91. The Labute approximate surface area is 176 Å². The van der Waals surface area contributed by atoms with E-state index < -0.39 is 35.2 Å². The summed E-state index contributed by atoms with van der Waals surface area (Å²) in [4.78, 5) is 15.7. The van der Waals surface area contributed by atoms with E-state index in [1.807, 2.05) is 4.90 Å². The van der Waals surface area contributed by atoms with Crippen molar-refractivity contribution in [2.45, 2.75) is 57.3 Å². The quantitative estimate of drug-likeness (QED) is 0.684. The molecule has 0 spiro atoms. The van der Waals surface area contributed by atoms with Gasteiger partial charge in [-0.3, -0.25) is 4.90 Å². The first kappa shape index (κ1) is 25.3. The van der Waals surface area contributed by atoms with Crippen LogP contribution < -0.4 is 0 Å². The third-order valence-electron chi connectivity index (χ3n) is 4.84. The fraction of sp³-hybridized carbons (Fsp3) is 0.650. The average molecular weight is 456 g/mol. The van der Waals surface area contributed by atoms with Crippen molar-refractivity contribution in [3.05, 3.63) is 35.4 Å². The summed E-state index contributed by atoms with van der Waals surface area (Å²) in [6.45, 7) is 7.49. The van der Waals surface area contributed by atoms with Crippen LogP contribution in [0.2, 0.25) is 0 Å². The molecule has 1 amide bonds. The fourth-order valence-electron chi connectivity index (χ4n) is 3.24. The van der Waals surface area contributed by atoms with Crippen LogP contribution >= 0.6 is 0 Å². The monoisotopic (exact) mass is 456 g/mol. The number of hydrogen-bond acceptors (Lipinski definition) is 4. The van der Waals surface area contributed by atoms with Crippen molar-refractivity contribution in [1.82, 2.24) is 9.80 Å². The van der Waals surface area contributed by atoms with E-state index in [9.17, 15) is 36.2 Å². The number of rotatable bonds is 3. The van der Waals surface area contributed by atoms with Crippen molar-refractivity contribution in [3.63, 3.8) is 0 Å². The molecule has 11 heteroatoms. The predicted octanol–water partition coefficient (Wildman–Crippen LogP) is 4.44. The van der Waals surface area contributed by atoms with Gasteiger partial charge >= 0.3 is 18.4 Å². The summed E-state index contributed by atoms with van der Waals surface area (Å²) in [5, 5.41) is 9.46.